The first-order chi connectivity index (χ1) is 13.5. The minimum absolute atomic E-state index is 0.0743. The van der Waals surface area contributed by atoms with Crippen LogP contribution < -0.4 is 19.5 Å². The maximum Gasteiger partial charge on any atom is 0.318 e. The van der Waals surface area contributed by atoms with Crippen molar-refractivity contribution in [1.82, 2.24) is 10.2 Å². The Morgan fingerprint density at radius 2 is 1.86 bits per heavy atom. The Balaban J connectivity index is 1.68. The first-order valence-corrected chi connectivity index (χ1v) is 9.57. The SMILES string of the molecule is CCOc1cccc(C(C)NC(=O)N2CCc3cc(OC)c(OC)cc3C2)c1. The third-order valence-corrected chi connectivity index (χ3v) is 5.01. The van der Waals surface area contributed by atoms with Gasteiger partial charge in [0.15, 0.2) is 11.5 Å². The monoisotopic (exact) mass is 384 g/mol. The number of nitrogens with one attached hydrogen (secondary N) is 1. The van der Waals surface area contributed by atoms with Crippen molar-refractivity contribution in [2.45, 2.75) is 32.9 Å². The summed E-state index contributed by atoms with van der Waals surface area (Å²) in [5.41, 5.74) is 3.30. The molecule has 0 aromatic heterocycles. The van der Waals surface area contributed by atoms with Crippen LogP contribution in [0.5, 0.6) is 17.2 Å². The average molecular weight is 384 g/mol. The van der Waals surface area contributed by atoms with Gasteiger partial charge in [-0.2, -0.15) is 0 Å². The molecule has 0 spiro atoms. The summed E-state index contributed by atoms with van der Waals surface area (Å²) < 4.78 is 16.3. The highest BCUT2D eigenvalue weighted by Crippen LogP contribution is 2.33. The third kappa shape index (κ3) is 4.32. The fraction of sp³-hybridized carbons (Fsp3) is 0.409. The lowest BCUT2D eigenvalue weighted by molar-refractivity contribution is 0.189. The number of benzene rings is 2. The Bertz CT molecular complexity index is 837. The van der Waals surface area contributed by atoms with Crippen molar-refractivity contribution in [1.29, 1.82) is 0 Å². The van der Waals surface area contributed by atoms with Gasteiger partial charge < -0.3 is 24.4 Å². The van der Waals surface area contributed by atoms with E-state index in [0.717, 1.165) is 29.0 Å². The number of nitrogens with zero attached hydrogens (tertiary/aromatic N) is 1. The summed E-state index contributed by atoms with van der Waals surface area (Å²) in [6, 6.07) is 11.6. The molecule has 6 heteroatoms. The molecule has 1 aliphatic heterocycles. The molecular formula is C22H28N2O4. The van der Waals surface area contributed by atoms with Crippen LogP contribution in [0.2, 0.25) is 0 Å². The van der Waals surface area contributed by atoms with Crippen LogP contribution in [-0.2, 0) is 13.0 Å². The van der Waals surface area contributed by atoms with Gasteiger partial charge >= 0.3 is 6.03 Å². The van der Waals surface area contributed by atoms with Gasteiger partial charge in [0.05, 0.1) is 26.9 Å². The van der Waals surface area contributed by atoms with E-state index in [9.17, 15) is 4.79 Å². The van der Waals surface area contributed by atoms with Crippen LogP contribution in [0.4, 0.5) is 4.79 Å². The highest BCUT2D eigenvalue weighted by atomic mass is 16.5. The number of hydrogen-bond donors (Lipinski definition) is 1. The second-order valence-corrected chi connectivity index (χ2v) is 6.82. The quantitative estimate of drug-likeness (QED) is 0.820. The molecule has 0 radical (unpaired) electrons. The number of urea groups is 1. The summed E-state index contributed by atoms with van der Waals surface area (Å²) in [6.07, 6.45) is 0.789. The molecule has 1 unspecified atom stereocenters. The molecule has 0 saturated heterocycles. The normalized spacial score (nSPS) is 14.1. The van der Waals surface area contributed by atoms with E-state index in [1.165, 1.54) is 5.56 Å². The highest BCUT2D eigenvalue weighted by Gasteiger charge is 2.24. The van der Waals surface area contributed by atoms with E-state index in [2.05, 4.69) is 5.32 Å². The molecule has 1 heterocycles. The van der Waals surface area contributed by atoms with Crippen molar-refractivity contribution in [2.24, 2.45) is 0 Å². The lowest BCUT2D eigenvalue weighted by Gasteiger charge is -2.31. The van der Waals surface area contributed by atoms with Crippen molar-refractivity contribution < 1.29 is 19.0 Å². The lowest BCUT2D eigenvalue weighted by atomic mass is 9.99. The van der Waals surface area contributed by atoms with Crippen molar-refractivity contribution in [2.75, 3.05) is 27.4 Å². The van der Waals surface area contributed by atoms with Gasteiger partial charge in [0.2, 0.25) is 0 Å². The first-order valence-electron chi connectivity index (χ1n) is 9.57. The van der Waals surface area contributed by atoms with Crippen molar-refractivity contribution in [3.05, 3.63) is 53.1 Å². The fourth-order valence-corrected chi connectivity index (χ4v) is 3.46. The number of carbonyl (C=O) groups excluding carboxylic acids is 1. The molecular weight excluding hydrogens is 356 g/mol. The van der Waals surface area contributed by atoms with E-state index in [1.807, 2.05) is 55.1 Å². The largest absolute Gasteiger partial charge is 0.494 e. The second kappa shape index (κ2) is 8.87. The number of hydrogen-bond acceptors (Lipinski definition) is 4. The van der Waals surface area contributed by atoms with Crippen LogP contribution >= 0.6 is 0 Å². The molecule has 2 aromatic rings. The minimum atomic E-state index is -0.111. The second-order valence-electron chi connectivity index (χ2n) is 6.82. The Morgan fingerprint density at radius 3 is 2.54 bits per heavy atom. The van der Waals surface area contributed by atoms with Crippen LogP contribution in [0.15, 0.2) is 36.4 Å². The van der Waals surface area contributed by atoms with Gasteiger partial charge in [0.1, 0.15) is 5.75 Å². The maximum absolute atomic E-state index is 12.8. The van der Waals surface area contributed by atoms with E-state index in [0.29, 0.717) is 25.4 Å². The Kier molecular flexibility index (Phi) is 6.29. The van der Waals surface area contributed by atoms with Crippen molar-refractivity contribution >= 4 is 6.03 Å². The van der Waals surface area contributed by atoms with Crippen LogP contribution in [0.25, 0.3) is 0 Å². The van der Waals surface area contributed by atoms with Crippen LogP contribution in [0.3, 0.4) is 0 Å². The molecule has 0 bridgehead atoms. The summed E-state index contributed by atoms with van der Waals surface area (Å²) in [6.45, 7) is 5.77. The van der Waals surface area contributed by atoms with Gasteiger partial charge in [-0.15, -0.1) is 0 Å². The van der Waals surface area contributed by atoms with Gasteiger partial charge in [0, 0.05) is 13.1 Å². The van der Waals surface area contributed by atoms with E-state index < -0.39 is 0 Å². The lowest BCUT2D eigenvalue weighted by Crippen LogP contribution is -2.43. The number of ether oxygens (including phenoxy) is 3. The molecule has 6 nitrogen and oxygen atoms in total. The van der Waals surface area contributed by atoms with Crippen LogP contribution in [-0.4, -0.2) is 38.3 Å². The van der Waals surface area contributed by atoms with Gasteiger partial charge in [-0.1, -0.05) is 12.1 Å². The predicted molar refractivity (Wildman–Crippen MR) is 108 cm³/mol. The van der Waals surface area contributed by atoms with Crippen LogP contribution in [0, 0.1) is 0 Å². The zero-order valence-electron chi connectivity index (χ0n) is 17.0. The summed E-state index contributed by atoms with van der Waals surface area (Å²) in [5, 5.41) is 3.09. The first kappa shape index (κ1) is 19.9. The summed E-state index contributed by atoms with van der Waals surface area (Å²) >= 11 is 0. The standard InChI is InChI=1S/C22H28N2O4/c1-5-28-19-8-6-7-16(11-19)15(2)23-22(25)24-10-9-17-12-20(26-3)21(27-4)13-18(17)14-24/h6-8,11-13,15H,5,9-10,14H2,1-4H3,(H,23,25). The molecule has 1 aliphatic rings. The molecule has 150 valence electrons. The molecule has 0 fully saturated rings. The van der Waals surface area contributed by atoms with Crippen molar-refractivity contribution in [3.8, 4) is 17.2 Å². The number of carbonyl (C=O) groups is 1. The minimum Gasteiger partial charge on any atom is -0.494 e. The number of amides is 2. The predicted octanol–water partition coefficient (Wildman–Crippen LogP) is 3.93. The average Bonchev–Trinajstić information content (AvgIpc) is 2.72. The van der Waals surface area contributed by atoms with E-state index >= 15 is 0 Å². The van der Waals surface area contributed by atoms with E-state index in [1.54, 1.807) is 14.2 Å². The van der Waals surface area contributed by atoms with E-state index in [4.69, 9.17) is 14.2 Å². The van der Waals surface area contributed by atoms with Gasteiger partial charge in [0.25, 0.3) is 0 Å². The third-order valence-electron chi connectivity index (χ3n) is 5.01. The molecule has 0 aliphatic carbocycles. The topological polar surface area (TPSA) is 60.0 Å². The van der Waals surface area contributed by atoms with Gasteiger partial charge in [-0.3, -0.25) is 0 Å². The molecule has 1 atom stereocenters. The fourth-order valence-electron chi connectivity index (χ4n) is 3.46. The summed E-state index contributed by atoms with van der Waals surface area (Å²) in [5.74, 6) is 2.22. The summed E-state index contributed by atoms with van der Waals surface area (Å²) in [7, 11) is 3.25. The Morgan fingerprint density at radius 1 is 1.14 bits per heavy atom. The number of fused-ring (bicyclic) bond motifs is 1. The smallest absolute Gasteiger partial charge is 0.318 e. The Labute approximate surface area is 166 Å². The molecule has 2 amide bonds. The number of methoxy groups -OCH3 is 2. The zero-order chi connectivity index (χ0) is 20.1. The van der Waals surface area contributed by atoms with Gasteiger partial charge in [-0.05, 0) is 61.2 Å². The Hall–Kier alpha value is -2.89. The molecule has 3 rings (SSSR count). The molecule has 0 saturated carbocycles. The molecule has 28 heavy (non-hydrogen) atoms. The van der Waals surface area contributed by atoms with Gasteiger partial charge in [-0.25, -0.2) is 4.79 Å². The maximum atomic E-state index is 12.8. The van der Waals surface area contributed by atoms with E-state index in [-0.39, 0.29) is 12.1 Å². The molecule has 2 aromatic carbocycles. The van der Waals surface area contributed by atoms with Crippen molar-refractivity contribution in [3.63, 3.8) is 0 Å². The number of rotatable bonds is 6. The highest BCUT2D eigenvalue weighted by molar-refractivity contribution is 5.75. The zero-order valence-corrected chi connectivity index (χ0v) is 17.0. The van der Waals surface area contributed by atoms with Crippen LogP contribution in [0.1, 0.15) is 36.6 Å². The summed E-state index contributed by atoms with van der Waals surface area (Å²) in [4.78, 5) is 14.6. The molecule has 1 N–H and O–H groups in total.